The lowest BCUT2D eigenvalue weighted by Crippen LogP contribution is -2.36. The molecule has 2 fully saturated rings. The van der Waals surface area contributed by atoms with E-state index in [0.717, 1.165) is 6.42 Å². The first-order valence-corrected chi connectivity index (χ1v) is 8.69. The second-order valence-electron chi connectivity index (χ2n) is 7.24. The second-order valence-corrected chi connectivity index (χ2v) is 7.24. The molecule has 0 N–H and O–H groups in total. The van der Waals surface area contributed by atoms with E-state index in [0.29, 0.717) is 16.5 Å². The Morgan fingerprint density at radius 3 is 2.58 bits per heavy atom. The molecule has 2 bridgehead atoms. The molecule has 2 aromatic rings. The minimum absolute atomic E-state index is 0.00596. The number of amides is 1. The van der Waals surface area contributed by atoms with E-state index in [1.807, 2.05) is 0 Å². The number of nitro benzene ring substituents is 1. The molecular formula is C20H15N3O3. The van der Waals surface area contributed by atoms with E-state index in [1.54, 1.807) is 35.2 Å². The summed E-state index contributed by atoms with van der Waals surface area (Å²) >= 11 is 0. The van der Waals surface area contributed by atoms with Gasteiger partial charge in [-0.05, 0) is 30.4 Å². The van der Waals surface area contributed by atoms with Crippen LogP contribution in [0.15, 0.2) is 48.6 Å². The Morgan fingerprint density at radius 1 is 1.12 bits per heavy atom. The van der Waals surface area contributed by atoms with Crippen molar-refractivity contribution in [2.45, 2.75) is 12.5 Å². The summed E-state index contributed by atoms with van der Waals surface area (Å²) in [5.74, 6) is 0.313. The summed E-state index contributed by atoms with van der Waals surface area (Å²) in [7, 11) is 0. The van der Waals surface area contributed by atoms with Crippen molar-refractivity contribution in [3.05, 3.63) is 58.7 Å². The normalized spacial score (nSPS) is 31.4. The van der Waals surface area contributed by atoms with E-state index < -0.39 is 11.0 Å². The summed E-state index contributed by atoms with van der Waals surface area (Å²) in [4.78, 5) is 25.7. The number of allylic oxidation sites excluding steroid dienone is 2. The number of hydrogen-bond donors (Lipinski definition) is 0. The highest BCUT2D eigenvalue weighted by Gasteiger charge is 2.59. The van der Waals surface area contributed by atoms with Crippen molar-refractivity contribution in [3.8, 4) is 6.07 Å². The molecule has 3 aliphatic rings. The van der Waals surface area contributed by atoms with Crippen molar-refractivity contribution in [2.24, 2.45) is 23.7 Å². The van der Waals surface area contributed by atoms with Crippen molar-refractivity contribution < 1.29 is 9.72 Å². The molecule has 26 heavy (non-hydrogen) atoms. The summed E-state index contributed by atoms with van der Waals surface area (Å²) < 4.78 is 0. The van der Waals surface area contributed by atoms with Crippen molar-refractivity contribution in [2.75, 3.05) is 4.90 Å². The molecule has 5 atom stereocenters. The van der Waals surface area contributed by atoms with E-state index in [1.165, 1.54) is 6.07 Å². The van der Waals surface area contributed by atoms with Gasteiger partial charge >= 0.3 is 0 Å². The first kappa shape index (κ1) is 15.1. The summed E-state index contributed by atoms with van der Waals surface area (Å²) in [6, 6.07) is 11.8. The fourth-order valence-corrected chi connectivity index (χ4v) is 5.16. The van der Waals surface area contributed by atoms with Crippen molar-refractivity contribution in [1.29, 1.82) is 5.26 Å². The molecule has 128 valence electrons. The van der Waals surface area contributed by atoms with Crippen molar-refractivity contribution >= 4 is 28.1 Å². The maximum Gasteiger partial charge on any atom is 0.277 e. The number of anilines is 1. The molecule has 1 aliphatic heterocycles. The topological polar surface area (TPSA) is 87.2 Å². The highest BCUT2D eigenvalue weighted by Crippen LogP contribution is 2.55. The molecule has 6 heteroatoms. The van der Waals surface area contributed by atoms with Gasteiger partial charge in [-0.2, -0.15) is 5.26 Å². The van der Waals surface area contributed by atoms with Crippen LogP contribution in [0.25, 0.3) is 10.8 Å². The number of fused-ring (bicyclic) bond motifs is 6. The SMILES string of the molecule is N#CC1[C@@H]2[C@H](C(=O)N1c1ccc([N+](=O)[O-])c3ccccc13)[C@@H]1C=C[C@H]2C1. The van der Waals surface area contributed by atoms with Gasteiger partial charge in [-0.1, -0.05) is 30.4 Å². The number of carbonyl (C=O) groups is 1. The second kappa shape index (κ2) is 5.15. The standard InChI is InChI=1S/C20H15N3O3/c21-10-17-18-11-5-6-12(9-11)19(18)20(24)22(17)15-7-8-16(23(25)26)14-4-2-1-3-13(14)15/h1-8,11-12,17-19H,9H2/t11-,12+,17?,18+,19+/m0/s1. The number of carbonyl (C=O) groups excluding carboxylic acids is 1. The zero-order valence-corrected chi connectivity index (χ0v) is 13.8. The Morgan fingerprint density at radius 2 is 1.85 bits per heavy atom. The van der Waals surface area contributed by atoms with Gasteiger partial charge in [0, 0.05) is 17.4 Å². The minimum Gasteiger partial charge on any atom is -0.295 e. The van der Waals surface area contributed by atoms with Gasteiger partial charge in [-0.25, -0.2) is 0 Å². The van der Waals surface area contributed by atoms with E-state index in [9.17, 15) is 20.2 Å². The van der Waals surface area contributed by atoms with Crippen LogP contribution < -0.4 is 4.90 Å². The number of rotatable bonds is 2. The van der Waals surface area contributed by atoms with Crippen LogP contribution in [0, 0.1) is 45.1 Å². The van der Waals surface area contributed by atoms with Crippen LogP contribution >= 0.6 is 0 Å². The van der Waals surface area contributed by atoms with Gasteiger partial charge < -0.3 is 0 Å². The third-order valence-electron chi connectivity index (χ3n) is 6.15. The molecule has 1 saturated carbocycles. The average molecular weight is 345 g/mol. The van der Waals surface area contributed by atoms with Crippen LogP contribution in [0.2, 0.25) is 0 Å². The van der Waals surface area contributed by atoms with Gasteiger partial charge in [-0.3, -0.25) is 19.8 Å². The fourth-order valence-electron chi connectivity index (χ4n) is 5.16. The Bertz CT molecular complexity index is 1040. The monoisotopic (exact) mass is 345 g/mol. The first-order chi connectivity index (χ1) is 12.6. The Hall–Kier alpha value is -3.20. The van der Waals surface area contributed by atoms with Crippen LogP contribution in [-0.2, 0) is 4.79 Å². The van der Waals surface area contributed by atoms with E-state index in [-0.39, 0.29) is 35.3 Å². The maximum absolute atomic E-state index is 13.2. The Kier molecular flexibility index (Phi) is 2.99. The molecule has 0 spiro atoms. The van der Waals surface area contributed by atoms with Crippen molar-refractivity contribution in [3.63, 3.8) is 0 Å². The smallest absolute Gasteiger partial charge is 0.277 e. The molecule has 0 aromatic heterocycles. The third kappa shape index (κ3) is 1.77. The van der Waals surface area contributed by atoms with Crippen LogP contribution in [0.4, 0.5) is 11.4 Å². The summed E-state index contributed by atoms with van der Waals surface area (Å²) in [5, 5.41) is 22.3. The Balaban J connectivity index is 1.69. The van der Waals surface area contributed by atoms with E-state index in [2.05, 4.69) is 18.2 Å². The van der Waals surface area contributed by atoms with Crippen molar-refractivity contribution in [1.82, 2.24) is 0 Å². The third-order valence-corrected chi connectivity index (χ3v) is 6.15. The zero-order valence-electron chi connectivity index (χ0n) is 13.8. The number of nitro groups is 1. The predicted molar refractivity (Wildman–Crippen MR) is 95.2 cm³/mol. The van der Waals surface area contributed by atoms with Gasteiger partial charge in [0.15, 0.2) is 0 Å². The molecular weight excluding hydrogens is 330 g/mol. The Labute approximate surface area is 149 Å². The van der Waals surface area contributed by atoms with Crippen LogP contribution in [0.5, 0.6) is 0 Å². The van der Waals surface area contributed by atoms with Gasteiger partial charge in [0.1, 0.15) is 6.04 Å². The summed E-state index contributed by atoms with van der Waals surface area (Å²) in [6.07, 6.45) is 5.20. The lowest BCUT2D eigenvalue weighted by atomic mass is 9.82. The molecule has 2 aromatic carbocycles. The largest absolute Gasteiger partial charge is 0.295 e. The molecule has 1 amide bonds. The number of nitriles is 1. The van der Waals surface area contributed by atoms with Gasteiger partial charge in [0.25, 0.3) is 5.69 Å². The van der Waals surface area contributed by atoms with Gasteiger partial charge in [0.2, 0.25) is 5.91 Å². The number of non-ortho nitro benzene ring substituents is 1. The van der Waals surface area contributed by atoms with Crippen LogP contribution in [0.1, 0.15) is 6.42 Å². The first-order valence-electron chi connectivity index (χ1n) is 8.69. The number of hydrogen-bond acceptors (Lipinski definition) is 4. The lowest BCUT2D eigenvalue weighted by molar-refractivity contribution is -0.383. The lowest BCUT2D eigenvalue weighted by Gasteiger charge is -2.25. The predicted octanol–water partition coefficient (Wildman–Crippen LogP) is 3.43. The van der Waals surface area contributed by atoms with Crippen LogP contribution in [-0.4, -0.2) is 16.9 Å². The maximum atomic E-state index is 13.2. The molecule has 0 radical (unpaired) electrons. The highest BCUT2D eigenvalue weighted by molar-refractivity contribution is 6.09. The molecule has 1 unspecified atom stereocenters. The highest BCUT2D eigenvalue weighted by atomic mass is 16.6. The average Bonchev–Trinajstić information content (AvgIpc) is 3.33. The number of nitrogens with zero attached hydrogens (tertiary/aromatic N) is 3. The quantitative estimate of drug-likeness (QED) is 0.474. The summed E-state index contributed by atoms with van der Waals surface area (Å²) in [5.41, 5.74) is 0.600. The fraction of sp³-hybridized carbons (Fsp3) is 0.300. The molecule has 1 saturated heterocycles. The van der Waals surface area contributed by atoms with Crippen LogP contribution in [0.3, 0.4) is 0 Å². The van der Waals surface area contributed by atoms with E-state index in [4.69, 9.17) is 0 Å². The number of benzene rings is 2. The summed E-state index contributed by atoms with van der Waals surface area (Å²) in [6.45, 7) is 0. The molecule has 6 nitrogen and oxygen atoms in total. The molecule has 1 heterocycles. The molecule has 2 aliphatic carbocycles. The zero-order chi connectivity index (χ0) is 18.0. The van der Waals surface area contributed by atoms with Gasteiger partial charge in [0.05, 0.1) is 28.0 Å². The minimum atomic E-state index is -0.530. The van der Waals surface area contributed by atoms with E-state index >= 15 is 0 Å². The van der Waals surface area contributed by atoms with Gasteiger partial charge in [-0.15, -0.1) is 0 Å². The molecule has 5 rings (SSSR count).